The molecule has 8 nitrogen and oxygen atoms in total. The highest BCUT2D eigenvalue weighted by atomic mass is 32.2. The van der Waals surface area contributed by atoms with E-state index in [1.165, 1.54) is 18.3 Å². The first-order chi connectivity index (χ1) is 12.9. The molecule has 2 atom stereocenters. The molecule has 4 rings (SSSR count). The van der Waals surface area contributed by atoms with Crippen LogP contribution in [0.5, 0.6) is 0 Å². The van der Waals surface area contributed by atoms with E-state index in [1.807, 2.05) is 18.2 Å². The van der Waals surface area contributed by atoms with Gasteiger partial charge in [0.25, 0.3) is 5.91 Å². The summed E-state index contributed by atoms with van der Waals surface area (Å²) in [7, 11) is -3.22. The highest BCUT2D eigenvalue weighted by Gasteiger charge is 2.48. The fourth-order valence-electron chi connectivity index (χ4n) is 3.88. The van der Waals surface area contributed by atoms with E-state index in [9.17, 15) is 18.0 Å². The van der Waals surface area contributed by atoms with Crippen LogP contribution in [0.1, 0.15) is 16.1 Å². The average Bonchev–Trinajstić information content (AvgIpc) is 2.98. The van der Waals surface area contributed by atoms with Crippen LogP contribution in [-0.2, 0) is 16.4 Å². The monoisotopic (exact) mass is 388 g/mol. The Kier molecular flexibility index (Phi) is 4.56. The van der Waals surface area contributed by atoms with E-state index in [0.29, 0.717) is 25.2 Å². The Balaban J connectivity index is 1.59. The molecule has 27 heavy (non-hydrogen) atoms. The zero-order chi connectivity index (χ0) is 19.0. The summed E-state index contributed by atoms with van der Waals surface area (Å²) in [5.74, 6) is -0.249. The van der Waals surface area contributed by atoms with Crippen molar-refractivity contribution < 1.29 is 13.2 Å². The maximum Gasteiger partial charge on any atom is 0.255 e. The highest BCUT2D eigenvalue weighted by Crippen LogP contribution is 2.29. The number of aromatic amines is 1. The Morgan fingerprint density at radius 1 is 1.15 bits per heavy atom. The molecule has 0 aliphatic carbocycles. The Hall–Kier alpha value is -2.52. The predicted molar refractivity (Wildman–Crippen MR) is 99.0 cm³/mol. The summed E-state index contributed by atoms with van der Waals surface area (Å²) in [6, 6.07) is 7.78. The normalized spacial score (nSPS) is 24.5. The number of rotatable bonds is 3. The van der Waals surface area contributed by atoms with Crippen LogP contribution in [0.4, 0.5) is 0 Å². The summed E-state index contributed by atoms with van der Waals surface area (Å²) in [4.78, 5) is 34.7. The van der Waals surface area contributed by atoms with Gasteiger partial charge in [-0.1, -0.05) is 6.07 Å². The second kappa shape index (κ2) is 6.90. The van der Waals surface area contributed by atoms with Crippen LogP contribution in [0.25, 0.3) is 0 Å². The van der Waals surface area contributed by atoms with Crippen LogP contribution in [0.15, 0.2) is 47.5 Å². The minimum atomic E-state index is -3.22. The fraction of sp³-hybridized carbons (Fsp3) is 0.389. The molecule has 4 heterocycles. The SMILES string of the molecule is O=C(c1ccc(=O)[nH]c1)N1CCN(Cc2ccccn2)[C@@H]2CS(=O)(=O)C[C@@H]21. The number of pyridine rings is 2. The lowest BCUT2D eigenvalue weighted by Gasteiger charge is -2.43. The van der Waals surface area contributed by atoms with Crippen LogP contribution < -0.4 is 5.56 Å². The zero-order valence-corrected chi connectivity index (χ0v) is 15.4. The molecular formula is C18H20N4O4S. The van der Waals surface area contributed by atoms with Crippen molar-refractivity contribution in [3.63, 3.8) is 0 Å². The molecule has 0 aromatic carbocycles. The molecule has 2 saturated heterocycles. The number of sulfone groups is 1. The molecule has 1 amide bonds. The third-order valence-corrected chi connectivity index (χ3v) is 6.87. The fourth-order valence-corrected chi connectivity index (χ4v) is 5.89. The number of aromatic nitrogens is 2. The van der Waals surface area contributed by atoms with E-state index in [2.05, 4.69) is 14.9 Å². The molecular weight excluding hydrogens is 368 g/mol. The number of fused-ring (bicyclic) bond motifs is 1. The molecule has 0 radical (unpaired) electrons. The standard InChI is InChI=1S/C18H20N4O4S/c23-17-5-4-13(9-20-17)18(24)22-8-7-21(10-14-3-1-2-6-19-14)15-11-27(25,26)12-16(15)22/h1-6,9,15-16H,7-8,10-12H2,(H,20,23)/t15-,16+/m1/s1. The summed E-state index contributed by atoms with van der Waals surface area (Å²) in [5.41, 5.74) is 0.949. The Morgan fingerprint density at radius 2 is 1.96 bits per heavy atom. The first-order valence-corrected chi connectivity index (χ1v) is 10.6. The summed E-state index contributed by atoms with van der Waals surface area (Å²) in [6.07, 6.45) is 3.09. The molecule has 0 bridgehead atoms. The third-order valence-electron chi connectivity index (χ3n) is 5.17. The molecule has 2 aliphatic rings. The number of piperazine rings is 1. The lowest BCUT2D eigenvalue weighted by atomic mass is 10.0. The van der Waals surface area contributed by atoms with Crippen LogP contribution in [-0.4, -0.2) is 70.8 Å². The van der Waals surface area contributed by atoms with Crippen LogP contribution >= 0.6 is 0 Å². The number of hydrogen-bond donors (Lipinski definition) is 1. The van der Waals surface area contributed by atoms with E-state index in [1.54, 1.807) is 11.1 Å². The molecule has 1 N–H and O–H groups in total. The Morgan fingerprint density at radius 3 is 2.67 bits per heavy atom. The molecule has 2 fully saturated rings. The molecule has 2 aliphatic heterocycles. The van der Waals surface area contributed by atoms with Crippen molar-refractivity contribution in [2.45, 2.75) is 18.6 Å². The lowest BCUT2D eigenvalue weighted by Crippen LogP contribution is -2.60. The first-order valence-electron chi connectivity index (χ1n) is 8.77. The molecule has 0 spiro atoms. The number of hydrogen-bond acceptors (Lipinski definition) is 6. The predicted octanol–water partition coefficient (Wildman–Crippen LogP) is -0.106. The third kappa shape index (κ3) is 3.65. The van der Waals surface area contributed by atoms with Gasteiger partial charge in [0.1, 0.15) is 0 Å². The molecule has 0 unspecified atom stereocenters. The number of carbonyl (C=O) groups is 1. The first kappa shape index (κ1) is 17.9. The largest absolute Gasteiger partial charge is 0.332 e. The van der Waals surface area contributed by atoms with Crippen molar-refractivity contribution in [3.8, 4) is 0 Å². The van der Waals surface area contributed by atoms with Crippen molar-refractivity contribution in [1.82, 2.24) is 19.8 Å². The van der Waals surface area contributed by atoms with Crippen LogP contribution in [0.3, 0.4) is 0 Å². The van der Waals surface area contributed by atoms with E-state index >= 15 is 0 Å². The molecule has 0 saturated carbocycles. The van der Waals surface area contributed by atoms with Crippen LogP contribution in [0.2, 0.25) is 0 Å². The second-order valence-corrected chi connectivity index (χ2v) is 9.10. The van der Waals surface area contributed by atoms with Gasteiger partial charge < -0.3 is 9.88 Å². The van der Waals surface area contributed by atoms with Gasteiger partial charge in [-0.2, -0.15) is 0 Å². The zero-order valence-electron chi connectivity index (χ0n) is 14.6. The van der Waals surface area contributed by atoms with Gasteiger partial charge in [0.2, 0.25) is 5.56 Å². The van der Waals surface area contributed by atoms with Gasteiger partial charge in [0.05, 0.1) is 28.8 Å². The van der Waals surface area contributed by atoms with Crippen molar-refractivity contribution in [1.29, 1.82) is 0 Å². The summed E-state index contributed by atoms with van der Waals surface area (Å²) in [6.45, 7) is 1.56. The van der Waals surface area contributed by atoms with Gasteiger partial charge in [0.15, 0.2) is 9.84 Å². The maximum atomic E-state index is 12.9. The molecule has 2 aromatic rings. The van der Waals surface area contributed by atoms with Crippen molar-refractivity contribution >= 4 is 15.7 Å². The van der Waals surface area contributed by atoms with E-state index in [0.717, 1.165) is 5.69 Å². The minimum absolute atomic E-state index is 0.0362. The van der Waals surface area contributed by atoms with Gasteiger partial charge >= 0.3 is 0 Å². The lowest BCUT2D eigenvalue weighted by molar-refractivity contribution is 0.0302. The molecule has 2 aromatic heterocycles. The topological polar surface area (TPSA) is 103 Å². The number of nitrogens with one attached hydrogen (secondary N) is 1. The second-order valence-electron chi connectivity index (χ2n) is 6.94. The van der Waals surface area contributed by atoms with Gasteiger partial charge in [-0.3, -0.25) is 19.5 Å². The quantitative estimate of drug-likeness (QED) is 0.787. The van der Waals surface area contributed by atoms with E-state index < -0.39 is 15.9 Å². The van der Waals surface area contributed by atoms with Gasteiger partial charge in [-0.05, 0) is 18.2 Å². The number of nitrogens with zero attached hydrogens (tertiary/aromatic N) is 3. The van der Waals surface area contributed by atoms with Crippen LogP contribution in [0, 0.1) is 0 Å². The summed E-state index contributed by atoms with van der Waals surface area (Å²) in [5, 5.41) is 0. The summed E-state index contributed by atoms with van der Waals surface area (Å²) < 4.78 is 24.6. The van der Waals surface area contributed by atoms with Crippen molar-refractivity contribution in [2.75, 3.05) is 24.6 Å². The smallest absolute Gasteiger partial charge is 0.255 e. The number of H-pyrrole nitrogens is 1. The Labute approximate surface area is 156 Å². The number of carbonyl (C=O) groups excluding carboxylic acids is 1. The molecule has 9 heteroatoms. The highest BCUT2D eigenvalue weighted by molar-refractivity contribution is 7.91. The van der Waals surface area contributed by atoms with Gasteiger partial charge in [0, 0.05) is 44.1 Å². The van der Waals surface area contributed by atoms with Gasteiger partial charge in [-0.15, -0.1) is 0 Å². The van der Waals surface area contributed by atoms with Crippen molar-refractivity contribution in [3.05, 3.63) is 64.3 Å². The minimum Gasteiger partial charge on any atom is -0.332 e. The maximum absolute atomic E-state index is 12.9. The van der Waals surface area contributed by atoms with E-state index in [4.69, 9.17) is 0 Å². The summed E-state index contributed by atoms with van der Waals surface area (Å²) >= 11 is 0. The van der Waals surface area contributed by atoms with Gasteiger partial charge in [-0.25, -0.2) is 8.42 Å². The molecule has 142 valence electrons. The van der Waals surface area contributed by atoms with Crippen molar-refractivity contribution in [2.24, 2.45) is 0 Å². The van der Waals surface area contributed by atoms with E-state index in [-0.39, 0.29) is 29.0 Å². The number of amides is 1. The Bertz CT molecular complexity index is 985. The average molecular weight is 388 g/mol.